The molecule has 1 aromatic heterocycles. The maximum Gasteiger partial charge on any atom is 0.233 e. The van der Waals surface area contributed by atoms with Crippen molar-refractivity contribution in [3.05, 3.63) is 16.6 Å². The number of carbonyl (C=O) groups is 1. The molecule has 1 aromatic rings. The molecule has 0 bridgehead atoms. The molecule has 0 saturated carbocycles. The zero-order valence-electron chi connectivity index (χ0n) is 9.33. The molecule has 0 aromatic carbocycles. The zero-order valence-corrected chi connectivity index (χ0v) is 10.1. The van der Waals surface area contributed by atoms with Crippen molar-refractivity contribution in [3.8, 4) is 0 Å². The maximum atomic E-state index is 11.3. The van der Waals surface area contributed by atoms with Gasteiger partial charge in [-0.25, -0.2) is 4.98 Å². The second-order valence-electron chi connectivity index (χ2n) is 3.77. The van der Waals surface area contributed by atoms with Crippen LogP contribution in [0.2, 0.25) is 0 Å². The summed E-state index contributed by atoms with van der Waals surface area (Å²) in [4.78, 5) is 15.5. The lowest BCUT2D eigenvalue weighted by atomic mass is 10.1. The van der Waals surface area contributed by atoms with Crippen LogP contribution >= 0.6 is 11.3 Å². The van der Waals surface area contributed by atoms with Gasteiger partial charge in [0, 0.05) is 18.1 Å². The smallest absolute Gasteiger partial charge is 0.233 e. The highest BCUT2D eigenvalue weighted by atomic mass is 32.1. The highest BCUT2D eigenvalue weighted by Crippen LogP contribution is 2.21. The van der Waals surface area contributed by atoms with E-state index >= 15 is 0 Å². The highest BCUT2D eigenvalue weighted by Gasteiger charge is 2.23. The molecule has 4 nitrogen and oxygen atoms in total. The Morgan fingerprint density at radius 3 is 2.87 bits per heavy atom. The van der Waals surface area contributed by atoms with Gasteiger partial charge in [0.1, 0.15) is 5.01 Å². The molecule has 2 N–H and O–H groups in total. The van der Waals surface area contributed by atoms with Crippen LogP contribution in [0.3, 0.4) is 0 Å². The molecule has 0 aliphatic carbocycles. The van der Waals surface area contributed by atoms with Crippen molar-refractivity contribution in [3.63, 3.8) is 0 Å². The molecule has 0 unspecified atom stereocenters. The lowest BCUT2D eigenvalue weighted by Gasteiger charge is -2.23. The summed E-state index contributed by atoms with van der Waals surface area (Å²) >= 11 is 1.59. The normalized spacial score (nSPS) is 11.4. The van der Waals surface area contributed by atoms with E-state index in [1.165, 1.54) is 0 Å². The largest absolute Gasteiger partial charge is 0.355 e. The third kappa shape index (κ3) is 3.60. The van der Waals surface area contributed by atoms with E-state index in [-0.39, 0.29) is 11.4 Å². The van der Waals surface area contributed by atoms with Gasteiger partial charge in [-0.1, -0.05) is 0 Å². The van der Waals surface area contributed by atoms with Gasteiger partial charge in [0.2, 0.25) is 5.91 Å². The van der Waals surface area contributed by atoms with Crippen molar-refractivity contribution in [1.29, 1.82) is 0 Å². The summed E-state index contributed by atoms with van der Waals surface area (Å²) in [6, 6.07) is 0. The number of hydrogen-bond donors (Lipinski definition) is 2. The summed E-state index contributed by atoms with van der Waals surface area (Å²) in [5.41, 5.74) is -0.251. The van der Waals surface area contributed by atoms with Crippen molar-refractivity contribution >= 4 is 17.2 Å². The number of thiazole rings is 1. The average Bonchev–Trinajstić information content (AvgIpc) is 2.69. The number of amides is 1. The second kappa shape index (κ2) is 5.23. The summed E-state index contributed by atoms with van der Waals surface area (Å²) in [5, 5.41) is 8.85. The van der Waals surface area contributed by atoms with E-state index in [0.717, 1.165) is 5.01 Å². The van der Waals surface area contributed by atoms with Gasteiger partial charge in [-0.05, 0) is 20.8 Å². The Morgan fingerprint density at radius 1 is 1.60 bits per heavy atom. The predicted molar refractivity (Wildman–Crippen MR) is 61.8 cm³/mol. The van der Waals surface area contributed by atoms with Crippen molar-refractivity contribution in [2.45, 2.75) is 26.3 Å². The highest BCUT2D eigenvalue weighted by molar-refractivity contribution is 7.09. The van der Waals surface area contributed by atoms with Crippen LogP contribution < -0.4 is 10.6 Å². The molecule has 0 radical (unpaired) electrons. The van der Waals surface area contributed by atoms with Gasteiger partial charge in [0.05, 0.1) is 12.1 Å². The topological polar surface area (TPSA) is 54.0 Å². The number of nitrogens with one attached hydrogen (secondary N) is 2. The van der Waals surface area contributed by atoms with Crippen LogP contribution in [0.5, 0.6) is 0 Å². The SMILES string of the molecule is CCNC(=O)CNC(C)(C)c1nccs1. The maximum absolute atomic E-state index is 11.3. The molecule has 0 saturated heterocycles. The van der Waals surface area contributed by atoms with Crippen LogP contribution in [0.25, 0.3) is 0 Å². The van der Waals surface area contributed by atoms with Gasteiger partial charge in [0.15, 0.2) is 0 Å². The van der Waals surface area contributed by atoms with Crippen LogP contribution in [0, 0.1) is 0 Å². The molecular formula is C10H17N3OS. The standard InChI is InChI=1S/C10H17N3OS/c1-4-11-8(14)7-13-10(2,3)9-12-5-6-15-9/h5-6,13H,4,7H2,1-3H3,(H,11,14). The Kier molecular flexibility index (Phi) is 4.23. The minimum Gasteiger partial charge on any atom is -0.355 e. The Hall–Kier alpha value is -0.940. The quantitative estimate of drug-likeness (QED) is 0.792. The number of likely N-dealkylation sites (N-methyl/N-ethyl adjacent to an activating group) is 1. The molecular weight excluding hydrogens is 210 g/mol. The average molecular weight is 227 g/mol. The van der Waals surface area contributed by atoms with Gasteiger partial charge in [-0.15, -0.1) is 11.3 Å². The molecule has 1 rings (SSSR count). The summed E-state index contributed by atoms with van der Waals surface area (Å²) in [5.74, 6) is 0.0159. The number of aromatic nitrogens is 1. The van der Waals surface area contributed by atoms with Crippen LogP contribution in [0.1, 0.15) is 25.8 Å². The molecule has 0 aliphatic heterocycles. The fourth-order valence-electron chi connectivity index (χ4n) is 1.17. The van der Waals surface area contributed by atoms with Crippen molar-refractivity contribution < 1.29 is 4.79 Å². The van der Waals surface area contributed by atoms with Crippen molar-refractivity contribution in [2.75, 3.05) is 13.1 Å². The first-order valence-corrected chi connectivity index (χ1v) is 5.86. The lowest BCUT2D eigenvalue weighted by molar-refractivity contribution is -0.120. The number of rotatable bonds is 5. The Bertz CT molecular complexity index is 308. The molecule has 15 heavy (non-hydrogen) atoms. The molecule has 0 fully saturated rings. The van der Waals surface area contributed by atoms with E-state index in [9.17, 15) is 4.79 Å². The van der Waals surface area contributed by atoms with Gasteiger partial charge in [0.25, 0.3) is 0 Å². The molecule has 84 valence electrons. The van der Waals surface area contributed by atoms with Crippen LogP contribution in [0.15, 0.2) is 11.6 Å². The van der Waals surface area contributed by atoms with Crippen molar-refractivity contribution in [1.82, 2.24) is 15.6 Å². The van der Waals surface area contributed by atoms with Gasteiger partial charge in [-0.2, -0.15) is 0 Å². The molecule has 1 heterocycles. The minimum atomic E-state index is -0.251. The fraction of sp³-hybridized carbons (Fsp3) is 0.600. The number of carbonyl (C=O) groups excluding carboxylic acids is 1. The summed E-state index contributed by atoms with van der Waals surface area (Å²) in [6.07, 6.45) is 1.77. The van der Waals surface area contributed by atoms with Crippen molar-refractivity contribution in [2.24, 2.45) is 0 Å². The van der Waals surface area contributed by atoms with Gasteiger partial charge < -0.3 is 5.32 Å². The number of nitrogens with zero attached hydrogens (tertiary/aromatic N) is 1. The van der Waals surface area contributed by atoms with E-state index in [2.05, 4.69) is 15.6 Å². The zero-order chi connectivity index (χ0) is 11.3. The molecule has 5 heteroatoms. The predicted octanol–water partition coefficient (Wildman–Crippen LogP) is 1.10. The molecule has 0 spiro atoms. The third-order valence-electron chi connectivity index (χ3n) is 2.03. The van der Waals surface area contributed by atoms with Crippen LogP contribution in [0.4, 0.5) is 0 Å². The summed E-state index contributed by atoms with van der Waals surface area (Å²) < 4.78 is 0. The van der Waals surface area contributed by atoms with Gasteiger partial charge in [-0.3, -0.25) is 10.1 Å². The Labute approximate surface area is 94.1 Å². The third-order valence-corrected chi connectivity index (χ3v) is 3.13. The van der Waals surface area contributed by atoms with E-state index in [4.69, 9.17) is 0 Å². The van der Waals surface area contributed by atoms with Gasteiger partial charge >= 0.3 is 0 Å². The lowest BCUT2D eigenvalue weighted by Crippen LogP contribution is -2.43. The summed E-state index contributed by atoms with van der Waals surface area (Å²) in [6.45, 7) is 6.93. The van der Waals surface area contributed by atoms with E-state index in [0.29, 0.717) is 13.1 Å². The second-order valence-corrected chi connectivity index (χ2v) is 4.66. The van der Waals surface area contributed by atoms with Crippen LogP contribution in [-0.4, -0.2) is 24.0 Å². The fourth-order valence-corrected chi connectivity index (χ4v) is 1.91. The Morgan fingerprint density at radius 2 is 2.33 bits per heavy atom. The monoisotopic (exact) mass is 227 g/mol. The summed E-state index contributed by atoms with van der Waals surface area (Å²) in [7, 11) is 0. The molecule has 1 amide bonds. The Balaban J connectivity index is 2.47. The number of hydrogen-bond acceptors (Lipinski definition) is 4. The minimum absolute atomic E-state index is 0.0159. The van der Waals surface area contributed by atoms with E-state index in [1.807, 2.05) is 26.2 Å². The molecule has 0 atom stereocenters. The van der Waals surface area contributed by atoms with Crippen LogP contribution in [-0.2, 0) is 10.3 Å². The molecule has 0 aliphatic rings. The first-order chi connectivity index (χ1) is 7.06. The first kappa shape index (κ1) is 12.1. The van der Waals surface area contributed by atoms with E-state index in [1.54, 1.807) is 17.5 Å². The van der Waals surface area contributed by atoms with E-state index < -0.39 is 0 Å². The first-order valence-electron chi connectivity index (χ1n) is 4.98.